The lowest BCUT2D eigenvalue weighted by atomic mass is 9.99. The molecule has 0 atom stereocenters. The molecule has 0 saturated carbocycles. The largest absolute Gasteiger partial charge is 0.508 e. The number of aryl methyl sites for hydroxylation is 2. The molecule has 0 radical (unpaired) electrons. The smallest absolute Gasteiger partial charge is 0.315 e. The summed E-state index contributed by atoms with van der Waals surface area (Å²) in [6.07, 6.45) is 1.69. The molecule has 5 nitrogen and oxygen atoms in total. The highest BCUT2D eigenvalue weighted by molar-refractivity contribution is 5.36. The Morgan fingerprint density at radius 2 is 1.65 bits per heavy atom. The minimum Gasteiger partial charge on any atom is -0.508 e. The van der Waals surface area contributed by atoms with Crippen LogP contribution in [0.2, 0.25) is 0 Å². The molecule has 0 aromatic heterocycles. The number of ether oxygens (including phenoxy) is 3. The van der Waals surface area contributed by atoms with Crippen molar-refractivity contribution >= 4 is 0 Å². The molecule has 0 unspecified atom stereocenters. The van der Waals surface area contributed by atoms with E-state index >= 15 is 0 Å². The Balaban J connectivity index is 2.10. The van der Waals surface area contributed by atoms with Crippen molar-refractivity contribution in [3.05, 3.63) is 59.2 Å². The molecule has 0 fully saturated rings. The van der Waals surface area contributed by atoms with Gasteiger partial charge in [0, 0.05) is 20.8 Å². The first-order chi connectivity index (χ1) is 11.2. The zero-order valence-electron chi connectivity index (χ0n) is 13.5. The Bertz CT molecular complexity index is 609. The minimum absolute atomic E-state index is 0.275. The molecule has 0 bridgehead atoms. The van der Waals surface area contributed by atoms with Crippen molar-refractivity contribution in [2.75, 3.05) is 14.2 Å². The SMILES string of the molecule is COC(OC)Oc1ccc(CN)c(CCc2ccc(O)cc2)c1. The lowest BCUT2D eigenvalue weighted by Crippen LogP contribution is -2.20. The Morgan fingerprint density at radius 1 is 0.957 bits per heavy atom. The third-order valence-corrected chi connectivity index (χ3v) is 3.63. The first-order valence-corrected chi connectivity index (χ1v) is 7.48. The van der Waals surface area contributed by atoms with Crippen molar-refractivity contribution in [3.63, 3.8) is 0 Å². The molecule has 2 aromatic carbocycles. The number of methoxy groups -OCH3 is 2. The quantitative estimate of drug-likeness (QED) is 0.732. The molecular weight excluding hydrogens is 294 g/mol. The molecule has 0 aliphatic rings. The third-order valence-electron chi connectivity index (χ3n) is 3.63. The lowest BCUT2D eigenvalue weighted by molar-refractivity contribution is -0.219. The molecule has 0 aliphatic carbocycles. The summed E-state index contributed by atoms with van der Waals surface area (Å²) in [5, 5.41) is 9.33. The second-order valence-corrected chi connectivity index (χ2v) is 5.18. The van der Waals surface area contributed by atoms with Crippen LogP contribution in [0.3, 0.4) is 0 Å². The van der Waals surface area contributed by atoms with Gasteiger partial charge < -0.3 is 25.1 Å². The second kappa shape index (κ2) is 8.53. The van der Waals surface area contributed by atoms with Gasteiger partial charge in [-0.05, 0) is 53.8 Å². The van der Waals surface area contributed by atoms with Crippen molar-refractivity contribution in [1.82, 2.24) is 0 Å². The minimum atomic E-state index is -0.733. The van der Waals surface area contributed by atoms with Gasteiger partial charge in [-0.15, -0.1) is 0 Å². The molecule has 0 saturated heterocycles. The number of phenolic OH excluding ortho intramolecular Hbond substituents is 1. The fourth-order valence-electron chi connectivity index (χ4n) is 2.35. The highest BCUT2D eigenvalue weighted by Gasteiger charge is 2.09. The van der Waals surface area contributed by atoms with E-state index in [1.54, 1.807) is 12.1 Å². The first kappa shape index (κ1) is 17.3. The van der Waals surface area contributed by atoms with Crippen LogP contribution < -0.4 is 10.5 Å². The molecule has 0 amide bonds. The first-order valence-electron chi connectivity index (χ1n) is 7.48. The van der Waals surface area contributed by atoms with Crippen LogP contribution in [0.25, 0.3) is 0 Å². The van der Waals surface area contributed by atoms with Crippen LogP contribution in [0.15, 0.2) is 42.5 Å². The summed E-state index contributed by atoms with van der Waals surface area (Å²) in [6, 6.07) is 13.0. The van der Waals surface area contributed by atoms with Crippen molar-refractivity contribution in [3.8, 4) is 11.5 Å². The van der Waals surface area contributed by atoms with Crippen molar-refractivity contribution in [2.45, 2.75) is 25.9 Å². The predicted octanol–water partition coefficient (Wildman–Crippen LogP) is 2.59. The van der Waals surface area contributed by atoms with E-state index in [0.717, 1.165) is 29.5 Å². The van der Waals surface area contributed by atoms with Crippen LogP contribution >= 0.6 is 0 Å². The van der Waals surface area contributed by atoms with Crippen LogP contribution in [-0.4, -0.2) is 25.8 Å². The zero-order chi connectivity index (χ0) is 16.7. The Morgan fingerprint density at radius 3 is 2.26 bits per heavy atom. The normalized spacial score (nSPS) is 11.0. The van der Waals surface area contributed by atoms with Gasteiger partial charge in [-0.1, -0.05) is 18.2 Å². The average molecular weight is 317 g/mol. The summed E-state index contributed by atoms with van der Waals surface area (Å²) in [5.74, 6) is 0.952. The maximum Gasteiger partial charge on any atom is 0.315 e. The van der Waals surface area contributed by atoms with Crippen LogP contribution in [0.4, 0.5) is 0 Å². The summed E-state index contributed by atoms with van der Waals surface area (Å²) in [4.78, 5) is 0. The summed E-state index contributed by atoms with van der Waals surface area (Å²) in [7, 11) is 3.04. The van der Waals surface area contributed by atoms with Gasteiger partial charge >= 0.3 is 6.48 Å². The highest BCUT2D eigenvalue weighted by Crippen LogP contribution is 2.21. The number of hydrogen-bond donors (Lipinski definition) is 2. The Kier molecular flexibility index (Phi) is 6.40. The highest BCUT2D eigenvalue weighted by atomic mass is 16.8. The van der Waals surface area contributed by atoms with E-state index < -0.39 is 6.48 Å². The van der Waals surface area contributed by atoms with E-state index in [4.69, 9.17) is 19.9 Å². The number of aromatic hydroxyl groups is 1. The maximum absolute atomic E-state index is 9.33. The van der Waals surface area contributed by atoms with Gasteiger partial charge in [0.25, 0.3) is 0 Å². The number of hydrogen-bond acceptors (Lipinski definition) is 5. The van der Waals surface area contributed by atoms with E-state index in [1.807, 2.05) is 30.3 Å². The van der Waals surface area contributed by atoms with Gasteiger partial charge in [-0.2, -0.15) is 0 Å². The van der Waals surface area contributed by atoms with Gasteiger partial charge in [0.05, 0.1) is 0 Å². The summed E-state index contributed by atoms with van der Waals surface area (Å²) < 4.78 is 15.7. The second-order valence-electron chi connectivity index (χ2n) is 5.18. The van der Waals surface area contributed by atoms with E-state index in [-0.39, 0.29) is 5.75 Å². The zero-order valence-corrected chi connectivity index (χ0v) is 13.5. The monoisotopic (exact) mass is 317 g/mol. The van der Waals surface area contributed by atoms with Crippen LogP contribution in [0, 0.1) is 0 Å². The van der Waals surface area contributed by atoms with Crippen LogP contribution in [-0.2, 0) is 28.9 Å². The molecule has 5 heteroatoms. The molecule has 0 spiro atoms. The van der Waals surface area contributed by atoms with Gasteiger partial charge in [0.15, 0.2) is 0 Å². The lowest BCUT2D eigenvalue weighted by Gasteiger charge is -2.17. The van der Waals surface area contributed by atoms with Gasteiger partial charge in [0.1, 0.15) is 11.5 Å². The van der Waals surface area contributed by atoms with Crippen LogP contribution in [0.5, 0.6) is 11.5 Å². The van der Waals surface area contributed by atoms with Crippen molar-refractivity contribution in [1.29, 1.82) is 0 Å². The Hall–Kier alpha value is -2.08. The van der Waals surface area contributed by atoms with Gasteiger partial charge in [0.2, 0.25) is 0 Å². The van der Waals surface area contributed by atoms with Crippen LogP contribution in [0.1, 0.15) is 16.7 Å². The van der Waals surface area contributed by atoms with E-state index in [1.165, 1.54) is 14.2 Å². The predicted molar refractivity (Wildman–Crippen MR) is 88.3 cm³/mol. The number of benzene rings is 2. The molecule has 0 heterocycles. The van der Waals surface area contributed by atoms with E-state index in [9.17, 15) is 5.11 Å². The molecular formula is C18H23NO4. The van der Waals surface area contributed by atoms with Gasteiger partial charge in [-0.3, -0.25) is 0 Å². The molecule has 2 aromatic rings. The number of rotatable bonds is 8. The standard InChI is InChI=1S/C18H23NO4/c1-21-18(22-2)23-17-10-7-15(12-19)14(11-17)6-3-13-4-8-16(20)9-5-13/h4-5,7-11,18,20H,3,6,12,19H2,1-2H3. The fraction of sp³-hybridized carbons (Fsp3) is 0.333. The van der Waals surface area contributed by atoms with Crippen molar-refractivity contribution < 1.29 is 19.3 Å². The number of phenols is 1. The summed E-state index contributed by atoms with van der Waals surface area (Å²) in [6.45, 7) is -0.257. The third kappa shape index (κ3) is 4.96. The molecule has 2 rings (SSSR count). The number of nitrogens with two attached hydrogens (primary N) is 1. The topological polar surface area (TPSA) is 73.9 Å². The molecule has 0 aliphatic heterocycles. The summed E-state index contributed by atoms with van der Waals surface area (Å²) in [5.41, 5.74) is 9.19. The fourth-order valence-corrected chi connectivity index (χ4v) is 2.35. The molecule has 3 N–H and O–H groups in total. The average Bonchev–Trinajstić information content (AvgIpc) is 2.59. The Labute approximate surface area is 136 Å². The molecule has 23 heavy (non-hydrogen) atoms. The summed E-state index contributed by atoms with van der Waals surface area (Å²) >= 11 is 0. The van der Waals surface area contributed by atoms with E-state index in [0.29, 0.717) is 12.3 Å². The maximum atomic E-state index is 9.33. The molecule has 124 valence electrons. The van der Waals surface area contributed by atoms with E-state index in [2.05, 4.69) is 0 Å². The van der Waals surface area contributed by atoms with Gasteiger partial charge in [-0.25, -0.2) is 0 Å². The van der Waals surface area contributed by atoms with Crippen molar-refractivity contribution in [2.24, 2.45) is 5.73 Å².